The number of methoxy groups -OCH3 is 1. The fourth-order valence-electron chi connectivity index (χ4n) is 3.54. The minimum atomic E-state index is -1.75. The highest BCUT2D eigenvalue weighted by atomic mass is 19.1. The van der Waals surface area contributed by atoms with E-state index < -0.39 is 5.67 Å². The topological polar surface area (TPSA) is 90.1 Å². The molecule has 1 unspecified atom stereocenters. The predicted octanol–water partition coefficient (Wildman–Crippen LogP) is 3.16. The van der Waals surface area contributed by atoms with Gasteiger partial charge in [-0.2, -0.15) is 4.98 Å². The van der Waals surface area contributed by atoms with Crippen molar-refractivity contribution in [1.82, 2.24) is 25.1 Å². The Kier molecular flexibility index (Phi) is 4.08. The van der Waals surface area contributed by atoms with E-state index in [2.05, 4.69) is 25.1 Å². The van der Waals surface area contributed by atoms with Gasteiger partial charge in [0.15, 0.2) is 0 Å². The highest BCUT2D eigenvalue weighted by Gasteiger charge is 2.45. The second-order valence-electron chi connectivity index (χ2n) is 6.88. The molecular weight excluding hydrogens is 375 g/mol. The van der Waals surface area contributed by atoms with E-state index in [9.17, 15) is 0 Å². The number of pyridine rings is 1. The maximum atomic E-state index is 15.7. The highest BCUT2D eigenvalue weighted by molar-refractivity contribution is 5.88. The minimum absolute atomic E-state index is 0.0224. The van der Waals surface area contributed by atoms with Crippen LogP contribution in [0.4, 0.5) is 10.2 Å². The summed E-state index contributed by atoms with van der Waals surface area (Å²) in [4.78, 5) is 18.8. The van der Waals surface area contributed by atoms with Gasteiger partial charge in [-0.25, -0.2) is 14.4 Å². The molecule has 0 amide bonds. The van der Waals surface area contributed by atoms with Crippen molar-refractivity contribution in [3.05, 3.63) is 54.9 Å². The summed E-state index contributed by atoms with van der Waals surface area (Å²) in [5.41, 5.74) is -0.302. The maximum Gasteiger partial charge on any atom is 0.266 e. The van der Waals surface area contributed by atoms with E-state index in [1.54, 1.807) is 43.8 Å². The molecule has 1 aliphatic heterocycles. The van der Waals surface area contributed by atoms with Crippen LogP contribution in [0.15, 0.2) is 53.6 Å². The Morgan fingerprint density at radius 2 is 2.03 bits per heavy atom. The Morgan fingerprint density at radius 1 is 1.17 bits per heavy atom. The van der Waals surface area contributed by atoms with Crippen molar-refractivity contribution in [3.63, 3.8) is 0 Å². The summed E-state index contributed by atoms with van der Waals surface area (Å²) >= 11 is 0. The van der Waals surface area contributed by atoms with Crippen LogP contribution >= 0.6 is 0 Å². The van der Waals surface area contributed by atoms with Gasteiger partial charge in [0.2, 0.25) is 11.5 Å². The first kappa shape index (κ1) is 17.5. The molecule has 0 aliphatic carbocycles. The third-order valence-electron chi connectivity index (χ3n) is 5.09. The summed E-state index contributed by atoms with van der Waals surface area (Å²) < 4.78 is 26.2. The van der Waals surface area contributed by atoms with Gasteiger partial charge in [-0.15, -0.1) is 0 Å². The Bertz CT molecular complexity index is 1160. The Labute approximate surface area is 165 Å². The molecule has 1 saturated heterocycles. The Balaban J connectivity index is 1.42. The van der Waals surface area contributed by atoms with Crippen LogP contribution in [0.2, 0.25) is 0 Å². The smallest absolute Gasteiger partial charge is 0.266 e. The molecule has 29 heavy (non-hydrogen) atoms. The fraction of sp³-hybridized carbons (Fsp3) is 0.250. The number of halogens is 1. The van der Waals surface area contributed by atoms with Gasteiger partial charge in [0.1, 0.15) is 17.9 Å². The van der Waals surface area contributed by atoms with Crippen LogP contribution in [-0.2, 0) is 5.67 Å². The lowest BCUT2D eigenvalue weighted by atomic mass is 10.1. The molecule has 4 heterocycles. The molecule has 0 N–H and O–H groups in total. The predicted molar refractivity (Wildman–Crippen MR) is 103 cm³/mol. The summed E-state index contributed by atoms with van der Waals surface area (Å²) in [6, 6.07) is 9.03. The first-order valence-corrected chi connectivity index (χ1v) is 9.13. The average Bonchev–Trinajstić information content (AvgIpc) is 3.42. The number of aromatic nitrogens is 5. The zero-order chi connectivity index (χ0) is 19.8. The highest BCUT2D eigenvalue weighted by Crippen LogP contribution is 2.38. The van der Waals surface area contributed by atoms with Crippen molar-refractivity contribution in [2.75, 3.05) is 25.1 Å². The lowest BCUT2D eigenvalue weighted by molar-refractivity contribution is 0.136. The summed E-state index contributed by atoms with van der Waals surface area (Å²) in [5, 5.41) is 4.79. The number of ether oxygens (including phenoxy) is 1. The molecule has 0 saturated carbocycles. The van der Waals surface area contributed by atoms with Gasteiger partial charge in [-0.05, 0) is 30.3 Å². The second-order valence-corrected chi connectivity index (χ2v) is 6.88. The summed E-state index contributed by atoms with van der Waals surface area (Å²) in [5.74, 6) is 1.72. The van der Waals surface area contributed by atoms with Gasteiger partial charge in [0, 0.05) is 30.1 Å². The third-order valence-corrected chi connectivity index (χ3v) is 5.09. The Hall–Kier alpha value is -3.62. The molecular formula is C20H17FN6O2. The van der Waals surface area contributed by atoms with Crippen LogP contribution in [0, 0.1) is 0 Å². The molecule has 0 radical (unpaired) electrons. The number of benzene rings is 1. The number of alkyl halides is 1. The van der Waals surface area contributed by atoms with Gasteiger partial charge in [-0.1, -0.05) is 5.16 Å². The lowest BCUT2D eigenvalue weighted by Crippen LogP contribution is -2.28. The molecule has 1 fully saturated rings. The van der Waals surface area contributed by atoms with Crippen molar-refractivity contribution >= 4 is 16.7 Å². The molecule has 0 bridgehead atoms. The molecule has 0 spiro atoms. The molecule has 4 aromatic rings. The van der Waals surface area contributed by atoms with Crippen LogP contribution in [0.3, 0.4) is 0 Å². The first-order chi connectivity index (χ1) is 14.2. The molecule has 1 atom stereocenters. The normalized spacial score (nSPS) is 19.0. The molecule has 1 aliphatic rings. The average molecular weight is 392 g/mol. The fourth-order valence-corrected chi connectivity index (χ4v) is 3.54. The van der Waals surface area contributed by atoms with E-state index in [1.165, 1.54) is 6.33 Å². The number of rotatable bonds is 4. The summed E-state index contributed by atoms with van der Waals surface area (Å²) in [6.45, 7) is 0.552. The maximum absolute atomic E-state index is 15.7. The largest absolute Gasteiger partial charge is 0.497 e. The van der Waals surface area contributed by atoms with E-state index >= 15 is 4.39 Å². The number of hydrogen-bond acceptors (Lipinski definition) is 8. The van der Waals surface area contributed by atoms with Crippen molar-refractivity contribution in [2.45, 2.75) is 12.1 Å². The molecule has 5 rings (SSSR count). The van der Waals surface area contributed by atoms with Crippen LogP contribution in [0.1, 0.15) is 12.3 Å². The van der Waals surface area contributed by atoms with Crippen molar-refractivity contribution < 1.29 is 13.7 Å². The number of hydrogen-bond donors (Lipinski definition) is 0. The quantitative estimate of drug-likeness (QED) is 0.523. The lowest BCUT2D eigenvalue weighted by Gasteiger charge is -2.19. The summed E-state index contributed by atoms with van der Waals surface area (Å²) in [6.07, 6.45) is 5.03. The second kappa shape index (κ2) is 6.77. The van der Waals surface area contributed by atoms with Crippen LogP contribution in [-0.4, -0.2) is 45.3 Å². The number of fused-ring (bicyclic) bond motifs is 1. The van der Waals surface area contributed by atoms with Gasteiger partial charge >= 0.3 is 0 Å². The standard InChI is InChI=1S/C20H17FN6O2/c1-28-14-4-2-13(3-5-14)17-25-19(29-26-17)20(21)7-9-27(11-20)18-15-6-8-22-10-16(15)23-12-24-18/h2-6,8,10,12H,7,9,11H2,1H3. The van der Waals surface area contributed by atoms with Gasteiger partial charge in [0.25, 0.3) is 5.89 Å². The molecule has 146 valence electrons. The third kappa shape index (κ3) is 3.04. The first-order valence-electron chi connectivity index (χ1n) is 9.13. The van der Waals surface area contributed by atoms with E-state index in [1.807, 2.05) is 11.0 Å². The molecule has 9 heteroatoms. The minimum Gasteiger partial charge on any atom is -0.497 e. The summed E-state index contributed by atoms with van der Waals surface area (Å²) in [7, 11) is 1.59. The van der Waals surface area contributed by atoms with Crippen molar-refractivity contribution in [2.24, 2.45) is 0 Å². The van der Waals surface area contributed by atoms with E-state index in [4.69, 9.17) is 9.26 Å². The molecule has 3 aromatic heterocycles. The monoisotopic (exact) mass is 392 g/mol. The van der Waals surface area contributed by atoms with Crippen LogP contribution in [0.5, 0.6) is 5.75 Å². The van der Waals surface area contributed by atoms with E-state index in [-0.39, 0.29) is 18.9 Å². The van der Waals surface area contributed by atoms with Crippen molar-refractivity contribution in [1.29, 1.82) is 0 Å². The zero-order valence-corrected chi connectivity index (χ0v) is 15.6. The number of nitrogens with zero attached hydrogens (tertiary/aromatic N) is 6. The van der Waals surface area contributed by atoms with Gasteiger partial charge < -0.3 is 14.2 Å². The van der Waals surface area contributed by atoms with Crippen LogP contribution < -0.4 is 9.64 Å². The van der Waals surface area contributed by atoms with Gasteiger partial charge in [0.05, 0.1) is 25.4 Å². The number of anilines is 1. The van der Waals surface area contributed by atoms with Gasteiger partial charge in [-0.3, -0.25) is 4.98 Å². The van der Waals surface area contributed by atoms with E-state index in [0.29, 0.717) is 23.7 Å². The van der Waals surface area contributed by atoms with Crippen molar-refractivity contribution in [3.8, 4) is 17.1 Å². The Morgan fingerprint density at radius 3 is 2.86 bits per heavy atom. The molecule has 1 aromatic carbocycles. The molecule has 8 nitrogen and oxygen atoms in total. The van der Waals surface area contributed by atoms with E-state index in [0.717, 1.165) is 16.7 Å². The zero-order valence-electron chi connectivity index (χ0n) is 15.6. The SMILES string of the molecule is COc1ccc(-c2noc(C3(F)CCN(c4ncnc5cnccc45)C3)n2)cc1. The van der Waals surface area contributed by atoms with Crippen LogP contribution in [0.25, 0.3) is 22.3 Å².